The van der Waals surface area contributed by atoms with Gasteiger partial charge in [0.2, 0.25) is 0 Å². The van der Waals surface area contributed by atoms with Crippen LogP contribution < -0.4 is 4.74 Å². The normalized spacial score (nSPS) is 11.8. The van der Waals surface area contributed by atoms with Crippen molar-refractivity contribution in [2.24, 2.45) is 10.2 Å². The van der Waals surface area contributed by atoms with Crippen LogP contribution in [-0.4, -0.2) is 19.0 Å². The van der Waals surface area contributed by atoms with Crippen molar-refractivity contribution in [3.05, 3.63) is 64.7 Å². The van der Waals surface area contributed by atoms with Gasteiger partial charge in [0, 0.05) is 5.56 Å². The number of hydrogen-bond acceptors (Lipinski definition) is 3. The van der Waals surface area contributed by atoms with Crippen LogP contribution in [0, 0.1) is 11.6 Å². The van der Waals surface area contributed by atoms with E-state index in [4.69, 9.17) is 0 Å². The fourth-order valence-corrected chi connectivity index (χ4v) is 1.90. The third-order valence-electron chi connectivity index (χ3n) is 3.10. The lowest BCUT2D eigenvalue weighted by Crippen LogP contribution is -2.06. The minimum absolute atomic E-state index is 0.0325. The Hall–Kier alpha value is -2.70. The highest BCUT2D eigenvalue weighted by Crippen LogP contribution is 2.24. The first-order valence-corrected chi connectivity index (χ1v) is 7.08. The Morgan fingerprint density at radius 1 is 0.958 bits per heavy atom. The molecule has 2 aromatic carbocycles. The van der Waals surface area contributed by atoms with Crippen molar-refractivity contribution in [2.75, 3.05) is 0 Å². The van der Waals surface area contributed by atoms with E-state index in [0.29, 0.717) is 0 Å². The average Bonchev–Trinajstić information content (AvgIpc) is 2.55. The van der Waals surface area contributed by atoms with Crippen molar-refractivity contribution in [3.63, 3.8) is 0 Å². The second-order valence-electron chi connectivity index (χ2n) is 4.78. The van der Waals surface area contributed by atoms with E-state index in [2.05, 4.69) is 14.9 Å². The number of hydrogen-bond donors (Lipinski definition) is 0. The zero-order valence-electron chi connectivity index (χ0n) is 12.7. The summed E-state index contributed by atoms with van der Waals surface area (Å²) >= 11 is 0. The van der Waals surface area contributed by atoms with Crippen LogP contribution in [0.4, 0.5) is 17.6 Å². The molecule has 0 aliphatic carbocycles. The van der Waals surface area contributed by atoms with Crippen molar-refractivity contribution in [1.82, 2.24) is 0 Å². The molecule has 0 radical (unpaired) electrons. The lowest BCUT2D eigenvalue weighted by molar-refractivity contribution is -0.0546. The van der Waals surface area contributed by atoms with Gasteiger partial charge >= 0.3 is 6.61 Å². The number of benzene rings is 2. The van der Waals surface area contributed by atoms with Gasteiger partial charge in [-0.25, -0.2) is 8.78 Å². The summed E-state index contributed by atoms with van der Waals surface area (Å²) in [6, 6.07) is 9.31. The second-order valence-corrected chi connectivity index (χ2v) is 4.78. The topological polar surface area (TPSA) is 34.0 Å². The molecule has 0 atom stereocenters. The van der Waals surface area contributed by atoms with Crippen LogP contribution in [0.1, 0.15) is 23.6 Å². The summed E-state index contributed by atoms with van der Waals surface area (Å²) in [4.78, 5) is 0. The smallest absolute Gasteiger partial charge is 0.387 e. The van der Waals surface area contributed by atoms with Crippen molar-refractivity contribution in [2.45, 2.75) is 20.0 Å². The van der Waals surface area contributed by atoms with E-state index in [1.165, 1.54) is 11.8 Å². The monoisotopic (exact) mass is 338 g/mol. The van der Waals surface area contributed by atoms with Gasteiger partial charge in [-0.1, -0.05) is 31.2 Å². The molecule has 0 unspecified atom stereocenters. The molecular formula is C17H14F4N2O. The lowest BCUT2D eigenvalue weighted by atomic mass is 10.1. The summed E-state index contributed by atoms with van der Waals surface area (Å²) in [7, 11) is 0. The average molecular weight is 338 g/mol. The van der Waals surface area contributed by atoms with Crippen LogP contribution in [0.3, 0.4) is 0 Å². The summed E-state index contributed by atoms with van der Waals surface area (Å²) in [6.07, 6.45) is 3.52. The summed E-state index contributed by atoms with van der Waals surface area (Å²) in [5, 5.41) is 7.45. The van der Waals surface area contributed by atoms with Crippen LogP contribution >= 0.6 is 0 Å². The SMILES string of the molecule is CCc1ccc(C=NN=Cc2cc(F)c(OC(F)F)c(F)c2)cc1. The van der Waals surface area contributed by atoms with Gasteiger partial charge in [-0.2, -0.15) is 19.0 Å². The molecule has 0 heterocycles. The summed E-state index contributed by atoms with van der Waals surface area (Å²) < 4.78 is 54.9. The van der Waals surface area contributed by atoms with E-state index in [1.807, 2.05) is 31.2 Å². The molecule has 0 saturated carbocycles. The van der Waals surface area contributed by atoms with Crippen molar-refractivity contribution in [3.8, 4) is 5.75 Å². The molecule has 0 aliphatic rings. The Kier molecular flexibility index (Phi) is 6.06. The molecule has 0 spiro atoms. The minimum Gasteiger partial charge on any atom is -0.429 e. The highest BCUT2D eigenvalue weighted by atomic mass is 19.3. The minimum atomic E-state index is -3.31. The summed E-state index contributed by atoms with van der Waals surface area (Å²) in [6.45, 7) is -1.26. The third kappa shape index (κ3) is 4.91. The first-order chi connectivity index (χ1) is 11.5. The molecule has 0 N–H and O–H groups in total. The number of rotatable bonds is 6. The summed E-state index contributed by atoms with van der Waals surface area (Å²) in [5.74, 6) is -3.60. The fraction of sp³-hybridized carbons (Fsp3) is 0.176. The lowest BCUT2D eigenvalue weighted by Gasteiger charge is -2.07. The van der Waals surface area contributed by atoms with Gasteiger partial charge in [-0.3, -0.25) is 0 Å². The Balaban J connectivity index is 2.07. The standard InChI is InChI=1S/C17H14F4N2O/c1-2-11-3-5-12(6-4-11)9-22-23-10-13-7-14(18)16(15(19)8-13)24-17(20)21/h3-10,17H,2H2,1H3. The molecule has 0 saturated heterocycles. The highest BCUT2D eigenvalue weighted by Gasteiger charge is 2.16. The molecule has 0 bridgehead atoms. The van der Waals surface area contributed by atoms with Gasteiger partial charge in [0.15, 0.2) is 17.4 Å². The van der Waals surface area contributed by atoms with Gasteiger partial charge in [-0.15, -0.1) is 0 Å². The second kappa shape index (κ2) is 8.24. The van der Waals surface area contributed by atoms with Gasteiger partial charge in [0.1, 0.15) is 0 Å². The molecule has 126 valence electrons. The first kappa shape index (κ1) is 17.7. The van der Waals surface area contributed by atoms with Crippen molar-refractivity contribution >= 4 is 12.4 Å². The molecule has 3 nitrogen and oxygen atoms in total. The van der Waals surface area contributed by atoms with Crippen LogP contribution in [0.2, 0.25) is 0 Å². The predicted octanol–water partition coefficient (Wildman–Crippen LogP) is 4.58. The molecule has 0 aliphatic heterocycles. The molecule has 0 amide bonds. The molecule has 24 heavy (non-hydrogen) atoms. The Morgan fingerprint density at radius 2 is 1.50 bits per heavy atom. The van der Waals surface area contributed by atoms with E-state index in [1.54, 1.807) is 0 Å². The van der Waals surface area contributed by atoms with Gasteiger partial charge < -0.3 is 4.74 Å². The highest BCUT2D eigenvalue weighted by molar-refractivity contribution is 5.82. The zero-order chi connectivity index (χ0) is 17.5. The van der Waals surface area contributed by atoms with E-state index in [-0.39, 0.29) is 5.56 Å². The van der Waals surface area contributed by atoms with Crippen molar-refractivity contribution < 1.29 is 22.3 Å². The van der Waals surface area contributed by atoms with Crippen molar-refractivity contribution in [1.29, 1.82) is 0 Å². The van der Waals surface area contributed by atoms with Crippen LogP contribution in [0.25, 0.3) is 0 Å². The number of ether oxygens (including phenoxy) is 1. The van der Waals surface area contributed by atoms with Gasteiger partial charge in [-0.05, 0) is 29.7 Å². The number of alkyl halides is 2. The first-order valence-electron chi connectivity index (χ1n) is 7.08. The van der Waals surface area contributed by atoms with E-state index in [9.17, 15) is 17.6 Å². The van der Waals surface area contributed by atoms with Gasteiger partial charge in [0.25, 0.3) is 0 Å². The Bertz CT molecular complexity index is 720. The number of halogens is 4. The largest absolute Gasteiger partial charge is 0.429 e. The predicted molar refractivity (Wildman–Crippen MR) is 84.0 cm³/mol. The third-order valence-corrected chi connectivity index (χ3v) is 3.10. The number of nitrogens with zero attached hydrogens (tertiary/aromatic N) is 2. The molecule has 7 heteroatoms. The quantitative estimate of drug-likeness (QED) is 0.431. The molecule has 0 aromatic heterocycles. The van der Waals surface area contributed by atoms with Crippen LogP contribution in [0.15, 0.2) is 46.6 Å². The maximum atomic E-state index is 13.5. The van der Waals surface area contributed by atoms with E-state index in [0.717, 1.165) is 30.3 Å². The Morgan fingerprint density at radius 3 is 2.00 bits per heavy atom. The molecule has 2 rings (SSSR count). The maximum Gasteiger partial charge on any atom is 0.387 e. The van der Waals surface area contributed by atoms with Crippen LogP contribution in [-0.2, 0) is 6.42 Å². The van der Waals surface area contributed by atoms with Crippen LogP contribution in [0.5, 0.6) is 5.75 Å². The Labute approximate surface area is 136 Å². The zero-order valence-corrected chi connectivity index (χ0v) is 12.7. The maximum absolute atomic E-state index is 13.5. The van der Waals surface area contributed by atoms with E-state index >= 15 is 0 Å². The van der Waals surface area contributed by atoms with E-state index < -0.39 is 24.0 Å². The summed E-state index contributed by atoms with van der Waals surface area (Å²) in [5.41, 5.74) is 2.04. The molecular weight excluding hydrogens is 324 g/mol. The number of aryl methyl sites for hydroxylation is 1. The molecule has 2 aromatic rings. The fourth-order valence-electron chi connectivity index (χ4n) is 1.90. The van der Waals surface area contributed by atoms with Gasteiger partial charge in [0.05, 0.1) is 12.4 Å². The molecule has 0 fully saturated rings.